The summed E-state index contributed by atoms with van der Waals surface area (Å²) in [6, 6.07) is 19.6. The van der Waals surface area contributed by atoms with Gasteiger partial charge >= 0.3 is 0 Å². The molecule has 1 heterocycles. The van der Waals surface area contributed by atoms with Crippen molar-refractivity contribution in [2.45, 2.75) is 19.9 Å². The summed E-state index contributed by atoms with van der Waals surface area (Å²) in [5.41, 5.74) is 2.71. The van der Waals surface area contributed by atoms with E-state index in [2.05, 4.69) is 4.98 Å². The molecule has 0 atom stereocenters. The fraction of sp³-hybridized carbons (Fsp3) is 0.200. The molecule has 1 amide bonds. The molecule has 0 bridgehead atoms. The number of nitrogens with zero attached hydrogens (tertiary/aromatic N) is 2. The Bertz CT molecular complexity index is 810. The molecule has 4 nitrogen and oxygen atoms in total. The van der Waals surface area contributed by atoms with Gasteiger partial charge in [-0.15, -0.1) is 0 Å². The smallest absolute Gasteiger partial charge is 0.228 e. The second-order valence-electron chi connectivity index (χ2n) is 5.80. The highest BCUT2D eigenvalue weighted by Crippen LogP contribution is 2.22. The van der Waals surface area contributed by atoms with Gasteiger partial charge in [-0.25, -0.2) is 4.98 Å². The largest absolute Gasteiger partial charge is 0.441 e. The molecule has 0 aliphatic heterocycles. The Balaban J connectivity index is 1.69. The Kier molecular flexibility index (Phi) is 4.75. The molecule has 0 fully saturated rings. The molecule has 2 aromatic carbocycles. The number of hydrogen-bond acceptors (Lipinski definition) is 3. The summed E-state index contributed by atoms with van der Waals surface area (Å²) in [7, 11) is 1.81. The summed E-state index contributed by atoms with van der Waals surface area (Å²) in [4.78, 5) is 18.7. The predicted octanol–water partition coefficient (Wildman–Crippen LogP) is 3.85. The van der Waals surface area contributed by atoms with Gasteiger partial charge in [0.15, 0.2) is 0 Å². The third-order valence-corrected chi connectivity index (χ3v) is 3.92. The van der Waals surface area contributed by atoms with Crippen LogP contribution in [-0.2, 0) is 17.8 Å². The standard InChI is InChI=1S/C20H20N2O2/c1-15-18(21-20(24-15)17-11-7-4-8-12-17)13-19(23)22(2)14-16-9-5-3-6-10-16/h3-12H,13-14H2,1-2H3. The average molecular weight is 320 g/mol. The number of rotatable bonds is 5. The van der Waals surface area contributed by atoms with E-state index in [9.17, 15) is 4.79 Å². The number of benzene rings is 2. The van der Waals surface area contributed by atoms with E-state index in [0.29, 0.717) is 23.9 Å². The molecule has 3 rings (SSSR count). The molecule has 0 saturated heterocycles. The molecule has 3 aromatic rings. The molecule has 0 spiro atoms. The third-order valence-electron chi connectivity index (χ3n) is 3.92. The second-order valence-corrected chi connectivity index (χ2v) is 5.80. The average Bonchev–Trinajstić information content (AvgIpc) is 2.97. The van der Waals surface area contributed by atoms with Crippen LogP contribution in [0.4, 0.5) is 0 Å². The van der Waals surface area contributed by atoms with Gasteiger partial charge in [-0.1, -0.05) is 48.5 Å². The quantitative estimate of drug-likeness (QED) is 0.717. The van der Waals surface area contributed by atoms with Crippen LogP contribution in [0.1, 0.15) is 17.0 Å². The summed E-state index contributed by atoms with van der Waals surface area (Å²) in [6.07, 6.45) is 0.242. The first-order valence-electron chi connectivity index (χ1n) is 7.93. The Morgan fingerprint density at radius 1 is 1.04 bits per heavy atom. The van der Waals surface area contributed by atoms with Crippen LogP contribution in [0.25, 0.3) is 11.5 Å². The number of amides is 1. The molecule has 0 aliphatic carbocycles. The second kappa shape index (κ2) is 7.13. The van der Waals surface area contributed by atoms with E-state index in [0.717, 1.165) is 11.1 Å². The summed E-state index contributed by atoms with van der Waals surface area (Å²) >= 11 is 0. The Morgan fingerprint density at radius 3 is 2.33 bits per heavy atom. The lowest BCUT2D eigenvalue weighted by Gasteiger charge is -2.16. The number of carbonyl (C=O) groups is 1. The van der Waals surface area contributed by atoms with E-state index < -0.39 is 0 Å². The van der Waals surface area contributed by atoms with Crippen molar-refractivity contribution in [1.29, 1.82) is 0 Å². The van der Waals surface area contributed by atoms with Crippen LogP contribution in [0.5, 0.6) is 0 Å². The van der Waals surface area contributed by atoms with Crippen LogP contribution < -0.4 is 0 Å². The van der Waals surface area contributed by atoms with Gasteiger partial charge < -0.3 is 9.32 Å². The summed E-state index contributed by atoms with van der Waals surface area (Å²) in [5, 5.41) is 0. The van der Waals surface area contributed by atoms with Gasteiger partial charge in [0.1, 0.15) is 5.76 Å². The van der Waals surface area contributed by atoms with Gasteiger partial charge in [0.05, 0.1) is 12.1 Å². The minimum atomic E-state index is 0.0230. The lowest BCUT2D eigenvalue weighted by molar-refractivity contribution is -0.129. The molecule has 24 heavy (non-hydrogen) atoms. The van der Waals surface area contributed by atoms with Crippen molar-refractivity contribution in [3.05, 3.63) is 77.7 Å². The van der Waals surface area contributed by atoms with Gasteiger partial charge in [-0.2, -0.15) is 0 Å². The SMILES string of the molecule is Cc1oc(-c2ccccc2)nc1CC(=O)N(C)Cc1ccccc1. The first kappa shape index (κ1) is 16.0. The van der Waals surface area contributed by atoms with Crippen molar-refractivity contribution in [2.75, 3.05) is 7.05 Å². The maximum Gasteiger partial charge on any atom is 0.228 e. The van der Waals surface area contributed by atoms with E-state index >= 15 is 0 Å². The molecule has 0 aliphatic rings. The molecule has 1 aromatic heterocycles. The van der Waals surface area contributed by atoms with Crippen molar-refractivity contribution < 1.29 is 9.21 Å². The third kappa shape index (κ3) is 3.71. The van der Waals surface area contributed by atoms with Crippen LogP contribution in [0, 0.1) is 6.92 Å². The van der Waals surface area contributed by atoms with Crippen molar-refractivity contribution in [1.82, 2.24) is 9.88 Å². The molecule has 0 saturated carbocycles. The first-order valence-corrected chi connectivity index (χ1v) is 7.93. The summed E-state index contributed by atoms with van der Waals surface area (Å²) in [5.74, 6) is 1.27. The van der Waals surface area contributed by atoms with Gasteiger partial charge in [0, 0.05) is 19.2 Å². The first-order chi connectivity index (χ1) is 11.6. The van der Waals surface area contributed by atoms with E-state index in [1.54, 1.807) is 4.90 Å². The van der Waals surface area contributed by atoms with E-state index in [1.807, 2.05) is 74.6 Å². The molecular formula is C20H20N2O2. The number of aryl methyl sites for hydroxylation is 1. The van der Waals surface area contributed by atoms with E-state index in [1.165, 1.54) is 0 Å². The normalized spacial score (nSPS) is 10.6. The molecule has 0 unspecified atom stereocenters. The van der Waals surface area contributed by atoms with Crippen LogP contribution >= 0.6 is 0 Å². The molecule has 4 heteroatoms. The fourth-order valence-electron chi connectivity index (χ4n) is 2.52. The zero-order valence-electron chi connectivity index (χ0n) is 13.9. The highest BCUT2D eigenvalue weighted by molar-refractivity contribution is 5.78. The number of hydrogen-bond donors (Lipinski definition) is 0. The highest BCUT2D eigenvalue weighted by atomic mass is 16.4. The Hall–Kier alpha value is -2.88. The number of aromatic nitrogens is 1. The molecular weight excluding hydrogens is 300 g/mol. The van der Waals surface area contributed by atoms with E-state index in [4.69, 9.17) is 4.42 Å². The van der Waals surface area contributed by atoms with Gasteiger partial charge in [-0.3, -0.25) is 4.79 Å². The lowest BCUT2D eigenvalue weighted by Crippen LogP contribution is -2.28. The number of oxazole rings is 1. The van der Waals surface area contributed by atoms with Crippen molar-refractivity contribution in [2.24, 2.45) is 0 Å². The number of likely N-dealkylation sites (N-methyl/N-ethyl adjacent to an activating group) is 1. The van der Waals surface area contributed by atoms with Crippen molar-refractivity contribution >= 4 is 5.91 Å². The van der Waals surface area contributed by atoms with Gasteiger partial charge in [0.2, 0.25) is 11.8 Å². The van der Waals surface area contributed by atoms with Crippen LogP contribution in [0.2, 0.25) is 0 Å². The van der Waals surface area contributed by atoms with Gasteiger partial charge in [-0.05, 0) is 24.6 Å². The van der Waals surface area contributed by atoms with Crippen molar-refractivity contribution in [3.63, 3.8) is 0 Å². The molecule has 0 radical (unpaired) electrons. The Labute approximate surface area is 141 Å². The van der Waals surface area contributed by atoms with Crippen LogP contribution in [0.15, 0.2) is 65.1 Å². The maximum atomic E-state index is 12.5. The topological polar surface area (TPSA) is 46.3 Å². The predicted molar refractivity (Wildman–Crippen MR) is 93.3 cm³/mol. The molecule has 0 N–H and O–H groups in total. The monoisotopic (exact) mass is 320 g/mol. The summed E-state index contributed by atoms with van der Waals surface area (Å²) < 4.78 is 5.72. The van der Waals surface area contributed by atoms with Crippen molar-refractivity contribution in [3.8, 4) is 11.5 Å². The number of carbonyl (C=O) groups excluding carboxylic acids is 1. The minimum Gasteiger partial charge on any atom is -0.441 e. The van der Waals surface area contributed by atoms with Gasteiger partial charge in [0.25, 0.3) is 0 Å². The fourth-order valence-corrected chi connectivity index (χ4v) is 2.52. The lowest BCUT2D eigenvalue weighted by atomic mass is 10.2. The highest BCUT2D eigenvalue weighted by Gasteiger charge is 2.17. The zero-order valence-corrected chi connectivity index (χ0v) is 13.9. The minimum absolute atomic E-state index is 0.0230. The van der Waals surface area contributed by atoms with Crippen LogP contribution in [-0.4, -0.2) is 22.8 Å². The Morgan fingerprint density at radius 2 is 1.67 bits per heavy atom. The van der Waals surface area contributed by atoms with Crippen LogP contribution in [0.3, 0.4) is 0 Å². The molecule has 122 valence electrons. The van der Waals surface area contributed by atoms with E-state index in [-0.39, 0.29) is 12.3 Å². The zero-order chi connectivity index (χ0) is 16.9. The maximum absolute atomic E-state index is 12.5. The summed E-state index contributed by atoms with van der Waals surface area (Å²) in [6.45, 7) is 2.43.